The van der Waals surface area contributed by atoms with Crippen molar-refractivity contribution in [1.82, 2.24) is 5.32 Å². The molecule has 0 bridgehead atoms. The Morgan fingerprint density at radius 3 is 2.48 bits per heavy atom. The number of hydrogen-bond acceptors (Lipinski definition) is 5. The lowest BCUT2D eigenvalue weighted by Gasteiger charge is -2.29. The number of nitrogen functional groups attached to an aromatic ring is 1. The second-order valence-electron chi connectivity index (χ2n) is 6.14. The summed E-state index contributed by atoms with van der Waals surface area (Å²) < 4.78 is 0. The van der Waals surface area contributed by atoms with Crippen LogP contribution in [0.3, 0.4) is 0 Å². The van der Waals surface area contributed by atoms with Crippen LogP contribution in [-0.2, 0) is 4.79 Å². The van der Waals surface area contributed by atoms with Gasteiger partial charge in [0, 0.05) is 61.3 Å². The van der Waals surface area contributed by atoms with E-state index in [1.54, 1.807) is 18.2 Å². The van der Waals surface area contributed by atoms with Gasteiger partial charge in [0.2, 0.25) is 5.91 Å². The van der Waals surface area contributed by atoms with Gasteiger partial charge in [0.1, 0.15) is 0 Å². The van der Waals surface area contributed by atoms with Crippen LogP contribution in [0, 0.1) is 5.41 Å². The van der Waals surface area contributed by atoms with E-state index in [1.807, 2.05) is 24.3 Å². The van der Waals surface area contributed by atoms with Crippen molar-refractivity contribution < 1.29 is 4.79 Å². The van der Waals surface area contributed by atoms with Gasteiger partial charge in [0.25, 0.3) is 0 Å². The molecule has 130 valence electrons. The van der Waals surface area contributed by atoms with Gasteiger partial charge in [-0.2, -0.15) is 0 Å². The quantitative estimate of drug-likeness (QED) is 0.507. The van der Waals surface area contributed by atoms with E-state index in [-0.39, 0.29) is 5.91 Å². The number of carbonyl (C=O) groups is 1. The molecular formula is C19H23N5O. The van der Waals surface area contributed by atoms with Crippen LogP contribution in [0.4, 0.5) is 17.1 Å². The molecule has 1 saturated heterocycles. The summed E-state index contributed by atoms with van der Waals surface area (Å²) in [6.07, 6.45) is 0. The van der Waals surface area contributed by atoms with Crippen molar-refractivity contribution in [2.45, 2.75) is 6.92 Å². The molecule has 0 aliphatic carbocycles. The molecule has 5 N–H and O–H groups in total. The molecule has 25 heavy (non-hydrogen) atoms. The maximum absolute atomic E-state index is 11.2. The second-order valence-corrected chi connectivity index (χ2v) is 6.14. The number of piperazine rings is 1. The van der Waals surface area contributed by atoms with Gasteiger partial charge in [0.05, 0.1) is 5.71 Å². The number of anilines is 3. The number of nitrogens with two attached hydrogens (primary N) is 1. The predicted octanol–water partition coefficient (Wildman–Crippen LogP) is 2.05. The number of nitrogens with one attached hydrogen (secondary N) is 3. The second kappa shape index (κ2) is 7.36. The molecule has 6 nitrogen and oxygen atoms in total. The molecule has 1 heterocycles. The van der Waals surface area contributed by atoms with Gasteiger partial charge in [-0.15, -0.1) is 0 Å². The van der Waals surface area contributed by atoms with Crippen LogP contribution in [0.25, 0.3) is 0 Å². The highest BCUT2D eigenvalue weighted by atomic mass is 16.1. The van der Waals surface area contributed by atoms with E-state index in [2.05, 4.69) is 15.5 Å². The average molecular weight is 337 g/mol. The van der Waals surface area contributed by atoms with Crippen molar-refractivity contribution in [3.63, 3.8) is 0 Å². The minimum absolute atomic E-state index is 0.150. The number of rotatable bonds is 4. The highest BCUT2D eigenvalue weighted by molar-refractivity contribution is 6.14. The van der Waals surface area contributed by atoms with Crippen molar-refractivity contribution in [2.75, 3.05) is 42.1 Å². The van der Waals surface area contributed by atoms with E-state index in [0.717, 1.165) is 37.4 Å². The predicted molar refractivity (Wildman–Crippen MR) is 103 cm³/mol. The molecule has 0 atom stereocenters. The molecule has 1 aliphatic heterocycles. The molecule has 0 radical (unpaired) electrons. The first-order valence-electron chi connectivity index (χ1n) is 8.37. The van der Waals surface area contributed by atoms with Gasteiger partial charge < -0.3 is 21.3 Å². The molecule has 2 aromatic carbocycles. The normalized spacial score (nSPS) is 14.2. The fourth-order valence-corrected chi connectivity index (χ4v) is 2.97. The molecule has 6 heteroatoms. The molecule has 0 saturated carbocycles. The Labute approximate surface area is 147 Å². The van der Waals surface area contributed by atoms with Crippen LogP contribution in [-0.4, -0.2) is 37.8 Å². The first-order chi connectivity index (χ1) is 12.0. The average Bonchev–Trinajstić information content (AvgIpc) is 2.63. The van der Waals surface area contributed by atoms with Crippen molar-refractivity contribution in [3.8, 4) is 0 Å². The summed E-state index contributed by atoms with van der Waals surface area (Å²) in [5.74, 6) is -0.150. The fraction of sp³-hybridized carbons (Fsp3) is 0.263. The summed E-state index contributed by atoms with van der Waals surface area (Å²) in [6, 6.07) is 13.2. The topological polar surface area (TPSA) is 94.2 Å². The third-order valence-electron chi connectivity index (χ3n) is 4.28. The summed E-state index contributed by atoms with van der Waals surface area (Å²) in [5.41, 5.74) is 10.1. The Balaban J connectivity index is 1.81. The van der Waals surface area contributed by atoms with Gasteiger partial charge in [-0.05, 0) is 30.3 Å². The molecule has 1 aliphatic rings. The van der Waals surface area contributed by atoms with Crippen LogP contribution in [0.1, 0.15) is 18.1 Å². The summed E-state index contributed by atoms with van der Waals surface area (Å²) in [5, 5.41) is 14.6. The lowest BCUT2D eigenvalue weighted by atomic mass is 10.00. The number of benzene rings is 2. The largest absolute Gasteiger partial charge is 0.398 e. The van der Waals surface area contributed by atoms with Gasteiger partial charge in [-0.3, -0.25) is 10.2 Å². The van der Waals surface area contributed by atoms with Gasteiger partial charge in [-0.1, -0.05) is 12.1 Å². The van der Waals surface area contributed by atoms with Gasteiger partial charge in [-0.25, -0.2) is 0 Å². The molecular weight excluding hydrogens is 314 g/mol. The zero-order chi connectivity index (χ0) is 17.8. The molecule has 1 fully saturated rings. The van der Waals surface area contributed by atoms with Crippen LogP contribution in [0.15, 0.2) is 42.5 Å². The fourth-order valence-electron chi connectivity index (χ4n) is 2.97. The van der Waals surface area contributed by atoms with Gasteiger partial charge >= 0.3 is 0 Å². The highest BCUT2D eigenvalue weighted by Gasteiger charge is 2.13. The Bertz CT molecular complexity index is 779. The van der Waals surface area contributed by atoms with Crippen LogP contribution in [0.2, 0.25) is 0 Å². The van der Waals surface area contributed by atoms with Crippen molar-refractivity contribution in [2.24, 2.45) is 0 Å². The van der Waals surface area contributed by atoms with Crippen molar-refractivity contribution >= 4 is 28.7 Å². The van der Waals surface area contributed by atoms with Crippen LogP contribution < -0.4 is 21.3 Å². The molecule has 2 aromatic rings. The van der Waals surface area contributed by atoms with Crippen molar-refractivity contribution in [3.05, 3.63) is 53.6 Å². The Kier molecular flexibility index (Phi) is 5.00. The lowest BCUT2D eigenvalue weighted by molar-refractivity contribution is -0.114. The Hall–Kier alpha value is -2.86. The summed E-state index contributed by atoms with van der Waals surface area (Å²) in [7, 11) is 0. The number of hydrogen-bond donors (Lipinski definition) is 4. The smallest absolute Gasteiger partial charge is 0.221 e. The Morgan fingerprint density at radius 2 is 1.84 bits per heavy atom. The standard InChI is InChI=1S/C19H23N5O/c1-13(25)23-15-4-7-18(20)17(12-15)19(21)14-2-5-16(6-3-14)24-10-8-22-9-11-24/h2-7,12,21-22H,8-11,20H2,1H3,(H,23,25). The van der Waals surface area contributed by atoms with E-state index in [1.165, 1.54) is 6.92 Å². The van der Waals surface area contributed by atoms with E-state index in [0.29, 0.717) is 22.6 Å². The highest BCUT2D eigenvalue weighted by Crippen LogP contribution is 2.23. The van der Waals surface area contributed by atoms with Crippen LogP contribution >= 0.6 is 0 Å². The minimum Gasteiger partial charge on any atom is -0.398 e. The van der Waals surface area contributed by atoms with E-state index < -0.39 is 0 Å². The third-order valence-corrected chi connectivity index (χ3v) is 4.28. The summed E-state index contributed by atoms with van der Waals surface area (Å²) in [6.45, 7) is 5.41. The number of nitrogens with zero attached hydrogens (tertiary/aromatic N) is 1. The summed E-state index contributed by atoms with van der Waals surface area (Å²) in [4.78, 5) is 13.6. The zero-order valence-electron chi connectivity index (χ0n) is 14.3. The molecule has 1 amide bonds. The third kappa shape index (κ3) is 3.97. The molecule has 3 rings (SSSR count). The number of carbonyl (C=O) groups excluding carboxylic acids is 1. The van der Waals surface area contributed by atoms with E-state index >= 15 is 0 Å². The number of amides is 1. The van der Waals surface area contributed by atoms with Crippen LogP contribution in [0.5, 0.6) is 0 Å². The maximum atomic E-state index is 11.2. The van der Waals surface area contributed by atoms with E-state index in [9.17, 15) is 4.79 Å². The lowest BCUT2D eigenvalue weighted by Crippen LogP contribution is -2.43. The van der Waals surface area contributed by atoms with Gasteiger partial charge in [0.15, 0.2) is 0 Å². The summed E-state index contributed by atoms with van der Waals surface area (Å²) >= 11 is 0. The molecule has 0 aromatic heterocycles. The first kappa shape index (κ1) is 17.0. The monoisotopic (exact) mass is 337 g/mol. The molecule has 0 spiro atoms. The Morgan fingerprint density at radius 1 is 1.16 bits per heavy atom. The first-order valence-corrected chi connectivity index (χ1v) is 8.37. The zero-order valence-corrected chi connectivity index (χ0v) is 14.3. The SMILES string of the molecule is CC(=O)Nc1ccc(N)c(C(=N)c2ccc(N3CCNCC3)cc2)c1. The van der Waals surface area contributed by atoms with E-state index in [4.69, 9.17) is 11.1 Å². The molecule has 0 unspecified atom stereocenters. The maximum Gasteiger partial charge on any atom is 0.221 e. The minimum atomic E-state index is -0.150. The van der Waals surface area contributed by atoms with Crippen molar-refractivity contribution in [1.29, 1.82) is 5.41 Å².